The molecule has 3 aliphatic heterocycles. The van der Waals surface area contributed by atoms with E-state index in [9.17, 15) is 55.5 Å². The van der Waals surface area contributed by atoms with Gasteiger partial charge in [0.05, 0.1) is 37.9 Å². The summed E-state index contributed by atoms with van der Waals surface area (Å²) in [6.45, 7) is -1.49. The molecule has 0 saturated carbocycles. The number of carbonyl (C=O) groups is 2. The fourth-order valence-corrected chi connectivity index (χ4v) is 5.26. The predicted molar refractivity (Wildman–Crippen MR) is 133 cm³/mol. The third-order valence-electron chi connectivity index (χ3n) is 7.92. The van der Waals surface area contributed by atoms with Gasteiger partial charge < -0.3 is 86.8 Å². The molecule has 3 unspecified atom stereocenters. The molecule has 16 atom stereocenters. The number of ether oxygens (including phenoxy) is 5. The summed E-state index contributed by atoms with van der Waals surface area (Å²) < 4.78 is 27.7. The predicted octanol–water partition coefficient (Wildman–Crippen LogP) is -7.62. The van der Waals surface area contributed by atoms with Crippen LogP contribution in [-0.2, 0) is 33.3 Å². The first-order chi connectivity index (χ1) is 19.7. The molecule has 3 fully saturated rings. The van der Waals surface area contributed by atoms with Crippen LogP contribution >= 0.6 is 0 Å². The normalized spacial score (nSPS) is 47.1. The highest BCUT2D eigenvalue weighted by atomic mass is 16.7. The van der Waals surface area contributed by atoms with Gasteiger partial charge in [0.25, 0.3) is 0 Å². The molecule has 0 aromatic heterocycles. The second-order valence-corrected chi connectivity index (χ2v) is 10.5. The first-order valence-corrected chi connectivity index (χ1v) is 13.3. The highest BCUT2D eigenvalue weighted by Gasteiger charge is 2.60. The number of ketones is 1. The van der Waals surface area contributed by atoms with Crippen molar-refractivity contribution in [2.24, 2.45) is 23.1 Å². The summed E-state index contributed by atoms with van der Waals surface area (Å²) in [5.74, 6) is -4.59. The van der Waals surface area contributed by atoms with Crippen LogP contribution in [0.5, 0.6) is 0 Å². The van der Waals surface area contributed by atoms with Crippen LogP contribution in [0.4, 0.5) is 0 Å². The van der Waals surface area contributed by atoms with Crippen molar-refractivity contribution < 1.29 is 79.2 Å². The number of carboxylic acid groups (broad SMARTS) is 1. The number of aliphatic carboxylic acids is 1. The van der Waals surface area contributed by atoms with E-state index in [1.54, 1.807) is 0 Å². The summed E-state index contributed by atoms with van der Waals surface area (Å²) in [5.41, 5.74) is 15.1. The molecule has 19 nitrogen and oxygen atoms in total. The average molecular weight is 616 g/mol. The topological polar surface area (TPSA) is 340 Å². The fraction of sp³-hybridized carbons (Fsp3) is 0.913. The van der Waals surface area contributed by atoms with E-state index in [0.717, 1.165) is 0 Å². The Kier molecular flexibility index (Phi) is 11.7. The minimum Gasteiger partial charge on any atom is -0.481 e. The Morgan fingerprint density at radius 2 is 1.31 bits per heavy atom. The molecule has 0 spiro atoms. The maximum Gasteiger partial charge on any atom is 0.314 e. The molecule has 3 rings (SSSR count). The van der Waals surface area contributed by atoms with E-state index in [-0.39, 0.29) is 6.42 Å². The molecule has 0 bridgehead atoms. The summed E-state index contributed by atoms with van der Waals surface area (Å²) in [7, 11) is 0. The molecule has 15 N–H and O–H groups in total. The SMILES string of the molecule is CCC(C(=O)O)C(=O)[C@]1(CO)O[C@H](OC2[C@@H](CO)O[C@@H](OC3[C@@H](CO)O[C@@H](O)[C@H](N)[C@H]3O)[C@H](N)[C@H]2O)[C@H](N)[C@@H](O)[C@@H]1O. The molecule has 0 amide bonds. The summed E-state index contributed by atoms with van der Waals surface area (Å²) in [6.07, 6.45) is -18.6. The van der Waals surface area contributed by atoms with Crippen molar-refractivity contribution in [2.75, 3.05) is 19.8 Å². The Morgan fingerprint density at radius 3 is 1.81 bits per heavy atom. The van der Waals surface area contributed by atoms with Gasteiger partial charge in [0.2, 0.25) is 0 Å². The van der Waals surface area contributed by atoms with Gasteiger partial charge in [-0.3, -0.25) is 9.59 Å². The monoisotopic (exact) mass is 615 g/mol. The standard InChI is InChI=1S/C23H41N3O16/c1-2-6(19(35)36)17(33)23(5-29)18(34)14(32)11(26)22(42-23)41-16-8(4-28)39-21(10(25)13(16)31)40-15-7(3-27)38-20(37)9(24)12(15)30/h6-16,18,20-22,27-32,34,37H,2-5,24-26H2,1H3,(H,35,36)/t6?,7-,8-,9-,10-,11-,12-,13-,14-,15?,16?,18+,20-,21+,22+,23+/m1/s1. The highest BCUT2D eigenvalue weighted by molar-refractivity contribution is 6.03. The minimum absolute atomic E-state index is 0.251. The molecule has 3 aliphatic rings. The zero-order valence-corrected chi connectivity index (χ0v) is 22.6. The lowest BCUT2D eigenvalue weighted by Crippen LogP contribution is -2.73. The van der Waals surface area contributed by atoms with Gasteiger partial charge in [-0.1, -0.05) is 6.92 Å². The number of carbonyl (C=O) groups excluding carboxylic acids is 1. The van der Waals surface area contributed by atoms with Crippen LogP contribution in [0.1, 0.15) is 13.3 Å². The van der Waals surface area contributed by atoms with Crippen LogP contribution < -0.4 is 17.2 Å². The zero-order chi connectivity index (χ0) is 31.7. The number of carboxylic acids is 1. The van der Waals surface area contributed by atoms with E-state index >= 15 is 0 Å². The number of hydrogen-bond acceptors (Lipinski definition) is 18. The average Bonchev–Trinajstić information content (AvgIpc) is 2.96. The van der Waals surface area contributed by atoms with E-state index in [0.29, 0.717) is 0 Å². The minimum atomic E-state index is -2.69. The van der Waals surface area contributed by atoms with Crippen molar-refractivity contribution in [1.82, 2.24) is 0 Å². The maximum absolute atomic E-state index is 13.2. The molecular weight excluding hydrogens is 574 g/mol. The summed E-state index contributed by atoms with van der Waals surface area (Å²) >= 11 is 0. The van der Waals surface area contributed by atoms with E-state index in [1.807, 2.05) is 0 Å². The zero-order valence-electron chi connectivity index (χ0n) is 22.6. The molecule has 19 heteroatoms. The van der Waals surface area contributed by atoms with E-state index in [1.165, 1.54) is 6.92 Å². The number of aliphatic hydroxyl groups excluding tert-OH is 8. The van der Waals surface area contributed by atoms with Gasteiger partial charge in [-0.15, -0.1) is 0 Å². The number of aliphatic hydroxyl groups is 8. The first kappa shape index (κ1) is 35.0. The Hall–Kier alpha value is -1.50. The molecule has 0 aliphatic carbocycles. The third kappa shape index (κ3) is 6.33. The van der Waals surface area contributed by atoms with Crippen molar-refractivity contribution in [3.8, 4) is 0 Å². The van der Waals surface area contributed by atoms with E-state index in [2.05, 4.69) is 0 Å². The molecule has 3 heterocycles. The highest BCUT2D eigenvalue weighted by Crippen LogP contribution is 2.36. The van der Waals surface area contributed by atoms with Gasteiger partial charge in [0.15, 0.2) is 30.3 Å². The second kappa shape index (κ2) is 14.1. The molecule has 0 aromatic rings. The lowest BCUT2D eigenvalue weighted by molar-refractivity contribution is -0.356. The second-order valence-electron chi connectivity index (χ2n) is 10.5. The summed E-state index contributed by atoms with van der Waals surface area (Å²) in [5, 5.41) is 91.7. The van der Waals surface area contributed by atoms with Crippen molar-refractivity contribution in [1.29, 1.82) is 0 Å². The van der Waals surface area contributed by atoms with Gasteiger partial charge in [0.1, 0.15) is 54.7 Å². The Balaban J connectivity index is 1.83. The molecular formula is C23H41N3O16. The molecule has 42 heavy (non-hydrogen) atoms. The van der Waals surface area contributed by atoms with Gasteiger partial charge in [-0.05, 0) is 6.42 Å². The summed E-state index contributed by atoms with van der Waals surface area (Å²) in [4.78, 5) is 24.8. The molecule has 244 valence electrons. The quantitative estimate of drug-likeness (QED) is 0.0960. The third-order valence-corrected chi connectivity index (χ3v) is 7.92. The van der Waals surface area contributed by atoms with Crippen molar-refractivity contribution in [3.63, 3.8) is 0 Å². The molecule has 0 radical (unpaired) electrons. The van der Waals surface area contributed by atoms with Crippen molar-refractivity contribution in [3.05, 3.63) is 0 Å². The van der Waals surface area contributed by atoms with Crippen LogP contribution in [-0.4, -0.2) is 169 Å². The van der Waals surface area contributed by atoms with Crippen LogP contribution in [0.25, 0.3) is 0 Å². The van der Waals surface area contributed by atoms with Crippen LogP contribution in [0.15, 0.2) is 0 Å². The van der Waals surface area contributed by atoms with Crippen LogP contribution in [0.2, 0.25) is 0 Å². The van der Waals surface area contributed by atoms with Crippen molar-refractivity contribution >= 4 is 11.8 Å². The molecule has 0 aromatic carbocycles. The van der Waals surface area contributed by atoms with E-state index < -0.39 is 129 Å². The lowest BCUT2D eigenvalue weighted by Gasteiger charge is -2.51. The smallest absolute Gasteiger partial charge is 0.314 e. The Morgan fingerprint density at radius 1 is 0.810 bits per heavy atom. The Bertz CT molecular complexity index is 930. The van der Waals surface area contributed by atoms with Gasteiger partial charge in [0, 0.05) is 0 Å². The number of hydrogen-bond donors (Lipinski definition) is 12. The molecule has 3 saturated heterocycles. The van der Waals surface area contributed by atoms with Gasteiger partial charge >= 0.3 is 5.97 Å². The summed E-state index contributed by atoms with van der Waals surface area (Å²) in [6, 6.07) is -4.47. The van der Waals surface area contributed by atoms with Crippen molar-refractivity contribution in [2.45, 2.75) is 105 Å². The fourth-order valence-electron chi connectivity index (χ4n) is 5.26. The maximum atomic E-state index is 13.2. The Labute approximate surface area is 239 Å². The van der Waals surface area contributed by atoms with Crippen LogP contribution in [0.3, 0.4) is 0 Å². The van der Waals surface area contributed by atoms with Gasteiger partial charge in [-0.2, -0.15) is 0 Å². The number of nitrogens with two attached hydrogens (primary N) is 3. The first-order valence-electron chi connectivity index (χ1n) is 13.3. The largest absolute Gasteiger partial charge is 0.481 e. The van der Waals surface area contributed by atoms with Gasteiger partial charge in [-0.25, -0.2) is 0 Å². The number of rotatable bonds is 11. The van der Waals surface area contributed by atoms with E-state index in [4.69, 9.17) is 40.9 Å². The lowest BCUT2D eigenvalue weighted by atomic mass is 9.78. The number of Topliss-reactive ketones (excluding diaryl/α,β-unsaturated/α-hetero) is 1. The van der Waals surface area contributed by atoms with Crippen LogP contribution in [0, 0.1) is 5.92 Å².